The second-order valence-corrected chi connectivity index (χ2v) is 4.58. The molecule has 2 nitrogen and oxygen atoms in total. The second kappa shape index (κ2) is 4.44. The predicted molar refractivity (Wildman–Crippen MR) is 64.2 cm³/mol. The lowest BCUT2D eigenvalue weighted by Gasteiger charge is -2.29. The molecule has 4 heteroatoms. The van der Waals surface area contributed by atoms with E-state index in [1.165, 1.54) is 0 Å². The van der Waals surface area contributed by atoms with Gasteiger partial charge in [0.25, 0.3) is 0 Å². The third kappa shape index (κ3) is 2.17. The van der Waals surface area contributed by atoms with Crippen molar-refractivity contribution in [2.24, 2.45) is 0 Å². The Labute approximate surface area is 96.6 Å². The smallest absolute Gasteiger partial charge is 0.147 e. The van der Waals surface area contributed by atoms with E-state index in [-0.39, 0.29) is 5.82 Å². The second-order valence-electron chi connectivity index (χ2n) is 3.33. The minimum atomic E-state index is -0.112. The minimum absolute atomic E-state index is 0.112. The number of anilines is 1. The fourth-order valence-corrected chi connectivity index (χ4v) is 2.10. The van der Waals surface area contributed by atoms with Crippen molar-refractivity contribution in [2.75, 3.05) is 31.1 Å². The first-order valence-corrected chi connectivity index (χ1v) is 5.76. The zero-order valence-corrected chi connectivity index (χ0v) is 9.92. The molecule has 0 aliphatic carbocycles. The van der Waals surface area contributed by atoms with E-state index in [1.54, 1.807) is 6.07 Å². The number of piperazine rings is 1. The summed E-state index contributed by atoms with van der Waals surface area (Å²) >= 11 is 2.12. The summed E-state index contributed by atoms with van der Waals surface area (Å²) in [5, 5.41) is 3.25. The molecule has 1 heterocycles. The molecule has 0 bridgehead atoms. The third-order valence-corrected chi connectivity index (χ3v) is 3.04. The first-order chi connectivity index (χ1) is 6.77. The van der Waals surface area contributed by atoms with Crippen LogP contribution in [0, 0.1) is 9.39 Å². The van der Waals surface area contributed by atoms with Gasteiger partial charge >= 0.3 is 0 Å². The monoisotopic (exact) mass is 306 g/mol. The van der Waals surface area contributed by atoms with Gasteiger partial charge in [0, 0.05) is 29.7 Å². The van der Waals surface area contributed by atoms with E-state index in [0.717, 1.165) is 35.4 Å². The third-order valence-electron chi connectivity index (χ3n) is 2.37. The molecule has 1 aromatic carbocycles. The summed E-state index contributed by atoms with van der Waals surface area (Å²) in [5.41, 5.74) is 0.729. The van der Waals surface area contributed by atoms with Gasteiger partial charge in [-0.25, -0.2) is 4.39 Å². The fraction of sp³-hybridized carbons (Fsp3) is 0.400. The van der Waals surface area contributed by atoms with Crippen LogP contribution < -0.4 is 10.2 Å². The summed E-state index contributed by atoms with van der Waals surface area (Å²) in [5.74, 6) is -0.112. The van der Waals surface area contributed by atoms with Crippen LogP contribution in [0.15, 0.2) is 18.2 Å². The molecule has 76 valence electrons. The Bertz CT molecular complexity index is 324. The van der Waals surface area contributed by atoms with E-state index in [9.17, 15) is 4.39 Å². The highest BCUT2D eigenvalue weighted by molar-refractivity contribution is 14.1. The summed E-state index contributed by atoms with van der Waals surface area (Å²) in [4.78, 5) is 2.09. The molecular formula is C10H12FIN2. The van der Waals surface area contributed by atoms with Crippen molar-refractivity contribution < 1.29 is 4.39 Å². The van der Waals surface area contributed by atoms with Crippen LogP contribution in [0.3, 0.4) is 0 Å². The molecular weight excluding hydrogens is 294 g/mol. The Kier molecular flexibility index (Phi) is 3.22. The first kappa shape index (κ1) is 10.2. The number of halogens is 2. The molecule has 1 aliphatic heterocycles. The van der Waals surface area contributed by atoms with Crippen molar-refractivity contribution in [2.45, 2.75) is 0 Å². The van der Waals surface area contributed by atoms with Crippen molar-refractivity contribution >= 4 is 28.3 Å². The highest BCUT2D eigenvalue weighted by Gasteiger charge is 2.13. The van der Waals surface area contributed by atoms with E-state index < -0.39 is 0 Å². The first-order valence-electron chi connectivity index (χ1n) is 4.68. The molecule has 0 spiro atoms. The molecule has 0 atom stereocenters. The van der Waals surface area contributed by atoms with Gasteiger partial charge in [-0.2, -0.15) is 0 Å². The highest BCUT2D eigenvalue weighted by Crippen LogP contribution is 2.21. The molecule has 1 aliphatic rings. The van der Waals surface area contributed by atoms with Crippen molar-refractivity contribution in [1.82, 2.24) is 5.32 Å². The van der Waals surface area contributed by atoms with Gasteiger partial charge in [-0.15, -0.1) is 0 Å². The number of benzene rings is 1. The minimum Gasteiger partial charge on any atom is -0.367 e. The maximum Gasteiger partial charge on any atom is 0.147 e. The van der Waals surface area contributed by atoms with Crippen LogP contribution in [0.4, 0.5) is 10.1 Å². The Morgan fingerprint density at radius 1 is 1.29 bits per heavy atom. The number of rotatable bonds is 1. The van der Waals surface area contributed by atoms with Crippen molar-refractivity contribution in [3.8, 4) is 0 Å². The molecule has 0 saturated carbocycles. The van der Waals surface area contributed by atoms with Crippen LogP contribution in [0.2, 0.25) is 0 Å². The quantitative estimate of drug-likeness (QED) is 0.797. The fourth-order valence-electron chi connectivity index (χ4n) is 1.64. The van der Waals surface area contributed by atoms with Gasteiger partial charge in [-0.3, -0.25) is 0 Å². The molecule has 1 fully saturated rings. The molecule has 0 unspecified atom stereocenters. The predicted octanol–water partition coefficient (Wildman–Crippen LogP) is 1.84. The van der Waals surface area contributed by atoms with E-state index in [2.05, 4.69) is 32.8 Å². The van der Waals surface area contributed by atoms with Crippen LogP contribution in [0.25, 0.3) is 0 Å². The zero-order valence-electron chi connectivity index (χ0n) is 7.76. The summed E-state index contributed by atoms with van der Waals surface area (Å²) in [6, 6.07) is 5.39. The molecule has 0 aromatic heterocycles. The SMILES string of the molecule is Fc1cc(I)ccc1N1CCNCC1. The van der Waals surface area contributed by atoms with Crippen molar-refractivity contribution in [1.29, 1.82) is 0 Å². The Morgan fingerprint density at radius 3 is 2.64 bits per heavy atom. The Balaban J connectivity index is 2.22. The molecule has 2 rings (SSSR count). The van der Waals surface area contributed by atoms with Crippen LogP contribution in [-0.2, 0) is 0 Å². The van der Waals surface area contributed by atoms with Gasteiger partial charge in [0.1, 0.15) is 5.82 Å². The summed E-state index contributed by atoms with van der Waals surface area (Å²) in [6.45, 7) is 3.64. The van der Waals surface area contributed by atoms with Gasteiger partial charge in [-0.1, -0.05) is 0 Å². The average Bonchev–Trinajstić information content (AvgIpc) is 2.19. The maximum atomic E-state index is 13.6. The topological polar surface area (TPSA) is 15.3 Å². The van der Waals surface area contributed by atoms with Gasteiger partial charge in [0.2, 0.25) is 0 Å². The van der Waals surface area contributed by atoms with Crippen molar-refractivity contribution in [3.05, 3.63) is 27.6 Å². The summed E-state index contributed by atoms with van der Waals surface area (Å²) < 4.78 is 14.5. The Morgan fingerprint density at radius 2 is 2.00 bits per heavy atom. The molecule has 1 saturated heterocycles. The van der Waals surface area contributed by atoms with Gasteiger partial charge in [0.05, 0.1) is 5.69 Å². The molecule has 14 heavy (non-hydrogen) atoms. The standard InChI is InChI=1S/C10H12FIN2/c11-9-7-8(12)1-2-10(9)14-5-3-13-4-6-14/h1-2,7,13H,3-6H2. The van der Waals surface area contributed by atoms with Gasteiger partial charge in [-0.05, 0) is 40.8 Å². The lowest BCUT2D eigenvalue weighted by molar-refractivity contribution is 0.566. The lowest BCUT2D eigenvalue weighted by atomic mass is 10.2. The number of hydrogen-bond acceptors (Lipinski definition) is 2. The van der Waals surface area contributed by atoms with E-state index in [0.29, 0.717) is 0 Å². The summed E-state index contributed by atoms with van der Waals surface area (Å²) in [7, 11) is 0. The normalized spacial score (nSPS) is 17.1. The van der Waals surface area contributed by atoms with E-state index >= 15 is 0 Å². The maximum absolute atomic E-state index is 13.6. The van der Waals surface area contributed by atoms with Crippen LogP contribution in [0.5, 0.6) is 0 Å². The number of nitrogens with one attached hydrogen (secondary N) is 1. The summed E-state index contributed by atoms with van der Waals surface area (Å²) in [6.07, 6.45) is 0. The van der Waals surface area contributed by atoms with Gasteiger partial charge in [0.15, 0.2) is 0 Å². The van der Waals surface area contributed by atoms with Crippen molar-refractivity contribution in [3.63, 3.8) is 0 Å². The molecule has 1 N–H and O–H groups in total. The number of hydrogen-bond donors (Lipinski definition) is 1. The lowest BCUT2D eigenvalue weighted by Crippen LogP contribution is -2.43. The van der Waals surface area contributed by atoms with Crippen LogP contribution in [0.1, 0.15) is 0 Å². The molecule has 1 aromatic rings. The number of nitrogens with zero attached hydrogens (tertiary/aromatic N) is 1. The van der Waals surface area contributed by atoms with E-state index in [1.807, 2.05) is 12.1 Å². The van der Waals surface area contributed by atoms with Gasteiger partial charge < -0.3 is 10.2 Å². The average molecular weight is 306 g/mol. The van der Waals surface area contributed by atoms with E-state index in [4.69, 9.17) is 0 Å². The highest BCUT2D eigenvalue weighted by atomic mass is 127. The zero-order chi connectivity index (χ0) is 9.97. The largest absolute Gasteiger partial charge is 0.367 e. The Hall–Kier alpha value is -0.360. The molecule has 0 amide bonds. The van der Waals surface area contributed by atoms with Crippen LogP contribution >= 0.6 is 22.6 Å². The van der Waals surface area contributed by atoms with Crippen LogP contribution in [-0.4, -0.2) is 26.2 Å². The molecule has 0 radical (unpaired) electrons.